The zero-order valence-corrected chi connectivity index (χ0v) is 22.0. The van der Waals surface area contributed by atoms with Crippen LogP contribution in [0.5, 0.6) is 5.75 Å². The largest absolute Gasteiger partial charge is 0.497 e. The van der Waals surface area contributed by atoms with E-state index in [4.69, 9.17) is 16.3 Å². The second-order valence-corrected chi connectivity index (χ2v) is 10.7. The van der Waals surface area contributed by atoms with Crippen LogP contribution in [0.2, 0.25) is 5.02 Å². The van der Waals surface area contributed by atoms with Gasteiger partial charge in [-0.3, -0.25) is 9.10 Å². The summed E-state index contributed by atoms with van der Waals surface area (Å²) < 4.78 is 33.6. The molecular weight excluding hydrogens is 508 g/mol. The number of methoxy groups -OCH3 is 1. The van der Waals surface area contributed by atoms with Crippen LogP contribution in [0.3, 0.4) is 0 Å². The first-order valence-corrected chi connectivity index (χ1v) is 13.4. The molecule has 0 heterocycles. The van der Waals surface area contributed by atoms with Gasteiger partial charge in [-0.1, -0.05) is 66.2 Å². The van der Waals surface area contributed by atoms with Crippen molar-refractivity contribution < 1.29 is 17.9 Å². The highest BCUT2D eigenvalue weighted by atomic mass is 35.5. The molecule has 0 aliphatic rings. The number of ether oxygens (including phenoxy) is 1. The molecular formula is C29H27ClN2O4S. The van der Waals surface area contributed by atoms with Gasteiger partial charge in [0, 0.05) is 5.02 Å². The molecule has 0 aliphatic heterocycles. The molecule has 0 spiro atoms. The summed E-state index contributed by atoms with van der Waals surface area (Å²) in [5.74, 6) is 0.0720. The first-order valence-electron chi connectivity index (χ1n) is 11.6. The van der Waals surface area contributed by atoms with Gasteiger partial charge in [-0.25, -0.2) is 8.42 Å². The molecule has 1 N–H and O–H groups in total. The first kappa shape index (κ1) is 26.3. The summed E-state index contributed by atoms with van der Waals surface area (Å²) in [5.41, 5.74) is 3.15. The molecule has 37 heavy (non-hydrogen) atoms. The van der Waals surface area contributed by atoms with Gasteiger partial charge in [0.2, 0.25) is 5.91 Å². The van der Waals surface area contributed by atoms with Crippen molar-refractivity contribution in [1.29, 1.82) is 0 Å². The molecule has 4 aromatic rings. The van der Waals surface area contributed by atoms with Crippen LogP contribution in [-0.2, 0) is 14.8 Å². The quantitative estimate of drug-likeness (QED) is 0.296. The van der Waals surface area contributed by atoms with E-state index < -0.39 is 28.5 Å². The Morgan fingerprint density at radius 3 is 2.14 bits per heavy atom. The minimum absolute atomic E-state index is 0.0366. The lowest BCUT2D eigenvalue weighted by atomic mass is 9.95. The van der Waals surface area contributed by atoms with Gasteiger partial charge in [0.05, 0.1) is 23.7 Å². The molecule has 1 atom stereocenters. The molecule has 0 bridgehead atoms. The fourth-order valence-electron chi connectivity index (χ4n) is 4.03. The van der Waals surface area contributed by atoms with Gasteiger partial charge in [0.1, 0.15) is 12.3 Å². The number of anilines is 1. The monoisotopic (exact) mass is 534 g/mol. The Bertz CT molecular complexity index is 1460. The molecule has 0 fully saturated rings. The fourth-order valence-corrected chi connectivity index (χ4v) is 5.58. The van der Waals surface area contributed by atoms with E-state index >= 15 is 0 Å². The number of rotatable bonds is 9. The molecule has 0 aromatic heterocycles. The van der Waals surface area contributed by atoms with Crippen LogP contribution < -0.4 is 14.4 Å². The van der Waals surface area contributed by atoms with Gasteiger partial charge >= 0.3 is 0 Å². The summed E-state index contributed by atoms with van der Waals surface area (Å²) in [6, 6.07) is 29.3. The lowest BCUT2D eigenvalue weighted by Gasteiger charge is -2.27. The highest BCUT2D eigenvalue weighted by Gasteiger charge is 2.29. The van der Waals surface area contributed by atoms with Crippen LogP contribution in [0, 0.1) is 6.92 Å². The number of aryl methyl sites for hydroxylation is 1. The summed E-state index contributed by atoms with van der Waals surface area (Å²) in [5, 5.41) is 3.51. The average molecular weight is 535 g/mol. The topological polar surface area (TPSA) is 75.7 Å². The minimum Gasteiger partial charge on any atom is -0.497 e. The summed E-state index contributed by atoms with van der Waals surface area (Å²) in [6.45, 7) is 1.55. The average Bonchev–Trinajstić information content (AvgIpc) is 2.92. The van der Waals surface area contributed by atoms with Crippen molar-refractivity contribution in [2.45, 2.75) is 17.9 Å². The van der Waals surface area contributed by atoms with E-state index in [9.17, 15) is 13.2 Å². The maximum absolute atomic E-state index is 13.7. The summed E-state index contributed by atoms with van der Waals surface area (Å²) >= 11 is 6.04. The zero-order valence-electron chi connectivity index (χ0n) is 20.5. The van der Waals surface area contributed by atoms with E-state index in [0.29, 0.717) is 16.5 Å². The molecule has 4 rings (SSSR count). The number of hydrogen-bond donors (Lipinski definition) is 1. The third-order valence-corrected chi connectivity index (χ3v) is 8.03. The Kier molecular flexibility index (Phi) is 8.16. The summed E-state index contributed by atoms with van der Waals surface area (Å²) in [6.07, 6.45) is 0. The maximum atomic E-state index is 13.7. The molecule has 0 radical (unpaired) electrons. The molecule has 0 saturated carbocycles. The molecule has 6 nitrogen and oxygen atoms in total. The summed E-state index contributed by atoms with van der Waals surface area (Å²) in [4.78, 5) is 13.5. The maximum Gasteiger partial charge on any atom is 0.264 e. The van der Waals surface area contributed by atoms with Crippen molar-refractivity contribution in [2.24, 2.45) is 0 Å². The lowest BCUT2D eigenvalue weighted by Crippen LogP contribution is -2.42. The number of carbonyl (C=O) groups excluding carboxylic acids is 1. The van der Waals surface area contributed by atoms with Gasteiger partial charge in [-0.05, 0) is 72.1 Å². The smallest absolute Gasteiger partial charge is 0.264 e. The predicted octanol–water partition coefficient (Wildman–Crippen LogP) is 5.76. The fraction of sp³-hybridized carbons (Fsp3) is 0.138. The van der Waals surface area contributed by atoms with Gasteiger partial charge in [-0.2, -0.15) is 0 Å². The van der Waals surface area contributed by atoms with Crippen molar-refractivity contribution >= 4 is 33.2 Å². The minimum atomic E-state index is -4.09. The molecule has 1 amide bonds. The van der Waals surface area contributed by atoms with Gasteiger partial charge in [0.15, 0.2) is 0 Å². The zero-order chi connectivity index (χ0) is 26.4. The van der Waals surface area contributed by atoms with Gasteiger partial charge < -0.3 is 10.1 Å². The van der Waals surface area contributed by atoms with Crippen molar-refractivity contribution in [3.05, 3.63) is 125 Å². The highest BCUT2D eigenvalue weighted by Crippen LogP contribution is 2.28. The van der Waals surface area contributed by atoms with Gasteiger partial charge in [-0.15, -0.1) is 0 Å². The number of hydrogen-bond acceptors (Lipinski definition) is 4. The molecule has 0 aliphatic carbocycles. The Morgan fingerprint density at radius 1 is 0.892 bits per heavy atom. The van der Waals surface area contributed by atoms with Crippen molar-refractivity contribution in [3.8, 4) is 5.75 Å². The first-order chi connectivity index (χ1) is 17.8. The molecule has 0 saturated heterocycles. The number of carbonyl (C=O) groups is 1. The lowest BCUT2D eigenvalue weighted by molar-refractivity contribution is -0.120. The van der Waals surface area contributed by atoms with Crippen molar-refractivity contribution in [1.82, 2.24) is 5.32 Å². The van der Waals surface area contributed by atoms with Crippen LogP contribution in [-0.4, -0.2) is 28.0 Å². The van der Waals surface area contributed by atoms with E-state index in [1.807, 2.05) is 61.5 Å². The Labute approximate surface area is 222 Å². The number of nitrogens with one attached hydrogen (secondary N) is 1. The van der Waals surface area contributed by atoms with E-state index in [0.717, 1.165) is 21.0 Å². The van der Waals surface area contributed by atoms with Crippen LogP contribution in [0.4, 0.5) is 5.69 Å². The van der Waals surface area contributed by atoms with Gasteiger partial charge in [0.25, 0.3) is 10.0 Å². The Hall–Kier alpha value is -3.81. The molecule has 8 heteroatoms. The number of sulfonamides is 1. The van der Waals surface area contributed by atoms with Crippen molar-refractivity contribution in [2.75, 3.05) is 18.0 Å². The number of amides is 1. The van der Waals surface area contributed by atoms with E-state index in [-0.39, 0.29) is 4.90 Å². The molecule has 1 unspecified atom stereocenters. The molecule has 190 valence electrons. The Morgan fingerprint density at radius 2 is 1.51 bits per heavy atom. The van der Waals surface area contributed by atoms with E-state index in [1.165, 1.54) is 19.2 Å². The second kappa shape index (κ2) is 11.5. The number of benzene rings is 4. The third kappa shape index (κ3) is 6.13. The normalized spacial score (nSPS) is 12.0. The number of nitrogens with zero attached hydrogens (tertiary/aromatic N) is 1. The van der Waals surface area contributed by atoms with Crippen LogP contribution in [0.25, 0.3) is 0 Å². The van der Waals surface area contributed by atoms with Crippen LogP contribution >= 0.6 is 11.6 Å². The summed E-state index contributed by atoms with van der Waals surface area (Å²) in [7, 11) is -2.58. The standard InChI is InChI=1S/C29H27ClN2O4S/c1-21-8-6-7-11-27(21)29(22-9-4-3-5-10-22)31-28(33)20-32(24-14-12-23(30)13-15-24)37(34,35)26-18-16-25(36-2)17-19-26/h3-19,29H,20H2,1-2H3,(H,31,33). The number of halogens is 1. The van der Waals surface area contributed by atoms with E-state index in [1.54, 1.807) is 36.4 Å². The Balaban J connectivity index is 1.69. The van der Waals surface area contributed by atoms with Crippen LogP contribution in [0.1, 0.15) is 22.7 Å². The predicted molar refractivity (Wildman–Crippen MR) is 147 cm³/mol. The van der Waals surface area contributed by atoms with Crippen LogP contribution in [0.15, 0.2) is 108 Å². The van der Waals surface area contributed by atoms with Crippen molar-refractivity contribution in [3.63, 3.8) is 0 Å². The second-order valence-electron chi connectivity index (χ2n) is 8.43. The SMILES string of the molecule is COc1ccc(S(=O)(=O)N(CC(=O)NC(c2ccccc2)c2ccccc2C)c2ccc(Cl)cc2)cc1. The highest BCUT2D eigenvalue weighted by molar-refractivity contribution is 7.92. The van der Waals surface area contributed by atoms with E-state index in [2.05, 4.69) is 5.32 Å². The third-order valence-electron chi connectivity index (χ3n) is 5.99. The molecule has 4 aromatic carbocycles.